The number of ether oxygens (including phenoxy) is 1. The molecule has 36 nitrogen and oxygen atoms in total. The number of carboxylic acid groups (broad SMARTS) is 2. The number of aromatic carboxylic acids is 2. The third-order valence-corrected chi connectivity index (χ3v) is 14.8. The number of hydrogen-bond donors (Lipinski definition) is 8. The summed E-state index contributed by atoms with van der Waals surface area (Å²) in [5.74, 6) is -1.44. The van der Waals surface area contributed by atoms with E-state index in [1.54, 1.807) is 29.2 Å². The van der Waals surface area contributed by atoms with Crippen LogP contribution in [0, 0.1) is 65.8 Å². The van der Waals surface area contributed by atoms with Gasteiger partial charge in [-0.05, 0) is 93.6 Å². The van der Waals surface area contributed by atoms with E-state index in [0.717, 1.165) is 50.8 Å². The van der Waals surface area contributed by atoms with Gasteiger partial charge in [-0.25, -0.2) is 57.3 Å². The van der Waals surface area contributed by atoms with Crippen molar-refractivity contribution >= 4 is 121 Å². The van der Waals surface area contributed by atoms with Crippen LogP contribution in [0.3, 0.4) is 0 Å². The highest BCUT2D eigenvalue weighted by molar-refractivity contribution is 6.42. The predicted octanol–water partition coefficient (Wildman–Crippen LogP) is 5.70. The number of carboxylic acids is 2. The fraction of sp³-hybridized carbons (Fsp3) is 0.0159. The van der Waals surface area contributed by atoms with Crippen molar-refractivity contribution in [2.24, 2.45) is 0 Å². The second-order valence-electron chi connectivity index (χ2n) is 20.4. The summed E-state index contributed by atoms with van der Waals surface area (Å²) >= 11 is 11.9. The quantitative estimate of drug-likeness (QED) is 0.0568. The molecule has 4 aromatic carbocycles. The summed E-state index contributed by atoms with van der Waals surface area (Å²) < 4.78 is 56.1. The first-order valence-corrected chi connectivity index (χ1v) is 29.1. The van der Waals surface area contributed by atoms with Crippen molar-refractivity contribution < 1.29 is 61.3 Å². The smallest absolute Gasteiger partial charge is 0.347 e. The first-order chi connectivity index (χ1) is 49.9. The Hall–Kier alpha value is -15.6. The molecule has 0 spiro atoms. The standard InChI is InChI=1S/C19H11FN6O3.C16H9Cl2N5O3.C14H8FN7O3.C14H6FN7O2/c1-2-10-5-15(12(18(28)29)6-13(10)20)24-17(27)14-3-4-26-16(9-21-19(26)25-14)11-7-22-23-8-11;1-26-15(25)9-4-10(17)11(18)5-13(9)21-14(24)12-2-3-23-8(6-19)7-20-16(23)22-12;1-2-6-3-10(7(14(24)25)4-8(6)15)17-13(23)11-5-9(16)12-18-20-21-22(12)19-11;1-2-6-3-10-7(4-8(6)15)14(23)24-13(17-10)11-5-9(16)12-18-20-21-22(12)19-11/h1,3-9H,(H,22,23)(H,24,27)(H,28,29);2-5,7H,1H3,(H,21,24);1,3-5H,16H2,(H,17,23)(H,24,25);1,3-5H,16H2. The number of carbonyl (C=O) groups excluding carboxylic acids is 4. The van der Waals surface area contributed by atoms with Crippen molar-refractivity contribution in [2.45, 2.75) is 0 Å². The number of methoxy groups -OCH3 is 1. The molecule has 0 aliphatic rings. The molecule has 0 aliphatic heterocycles. The number of benzene rings is 4. The van der Waals surface area contributed by atoms with Crippen molar-refractivity contribution in [3.63, 3.8) is 0 Å². The maximum Gasteiger partial charge on any atom is 0.347 e. The van der Waals surface area contributed by atoms with Crippen LogP contribution in [0.4, 0.5) is 41.6 Å². The van der Waals surface area contributed by atoms with Gasteiger partial charge in [0.25, 0.3) is 23.6 Å². The van der Waals surface area contributed by atoms with E-state index < -0.39 is 69.8 Å². The van der Waals surface area contributed by atoms with E-state index in [4.69, 9.17) is 68.7 Å². The van der Waals surface area contributed by atoms with Crippen LogP contribution < -0.4 is 33.0 Å². The number of nitrogen functional groups attached to an aromatic ring is 2. The monoisotopic (exact) mass is 1440 g/mol. The van der Waals surface area contributed by atoms with E-state index in [9.17, 15) is 51.8 Å². The minimum absolute atomic E-state index is 0.00948. The van der Waals surface area contributed by atoms with E-state index in [-0.39, 0.29) is 129 Å². The van der Waals surface area contributed by atoms with Crippen LogP contribution in [0.15, 0.2) is 119 Å². The van der Waals surface area contributed by atoms with Crippen molar-refractivity contribution in [2.75, 3.05) is 34.5 Å². The lowest BCUT2D eigenvalue weighted by molar-refractivity contribution is 0.0599. The van der Waals surface area contributed by atoms with Gasteiger partial charge in [-0.2, -0.15) is 10.4 Å². The van der Waals surface area contributed by atoms with Gasteiger partial charge in [-0.15, -0.1) is 48.9 Å². The average molecular weight is 1450 g/mol. The zero-order valence-electron chi connectivity index (χ0n) is 51.7. The number of fused-ring (bicyclic) bond motifs is 5. The van der Waals surface area contributed by atoms with Gasteiger partial charge in [0.05, 0.1) is 114 Å². The van der Waals surface area contributed by atoms with Crippen LogP contribution in [-0.2, 0) is 4.74 Å². The Morgan fingerprint density at radius 2 is 1.16 bits per heavy atom. The Labute approximate surface area is 584 Å². The number of nitrogens with zero attached hydrogens (tertiary/aromatic N) is 19. The zero-order chi connectivity index (χ0) is 74.4. The van der Waals surface area contributed by atoms with Gasteiger partial charge in [0.1, 0.15) is 40.6 Å². The molecule has 10 heterocycles. The van der Waals surface area contributed by atoms with Gasteiger partial charge in [0, 0.05) is 24.2 Å². The van der Waals surface area contributed by atoms with Crippen LogP contribution in [0.25, 0.3) is 56.6 Å². The number of aromatic nitrogens is 19. The van der Waals surface area contributed by atoms with E-state index in [0.29, 0.717) is 0 Å². The average Bonchev–Trinajstić information content (AvgIpc) is 1.10. The second kappa shape index (κ2) is 29.2. The molecule has 10 aromatic heterocycles. The topological polar surface area (TPSA) is 508 Å². The van der Waals surface area contributed by atoms with Crippen molar-refractivity contribution in [3.05, 3.63) is 204 Å². The van der Waals surface area contributed by atoms with E-state index in [2.05, 4.69) is 115 Å². The number of amides is 3. The van der Waals surface area contributed by atoms with Gasteiger partial charge in [-0.1, -0.05) is 41.0 Å². The highest BCUT2D eigenvalue weighted by atomic mass is 35.5. The number of esters is 1. The van der Waals surface area contributed by atoms with Gasteiger partial charge in [0.2, 0.25) is 22.8 Å². The summed E-state index contributed by atoms with van der Waals surface area (Å²) in [5, 5.41) is 70.7. The summed E-state index contributed by atoms with van der Waals surface area (Å²) in [5.41, 5.74) is 12.0. The van der Waals surface area contributed by atoms with Crippen molar-refractivity contribution in [3.8, 4) is 65.9 Å². The number of carbonyl (C=O) groups is 6. The number of rotatable bonds is 11. The number of halogens is 5. The maximum atomic E-state index is 13.8. The second-order valence-corrected chi connectivity index (χ2v) is 21.2. The molecule has 0 radical (unpaired) electrons. The molecule has 0 atom stereocenters. The van der Waals surface area contributed by atoms with Crippen LogP contribution in [-0.4, -0.2) is 147 Å². The summed E-state index contributed by atoms with van der Waals surface area (Å²) in [6.07, 6.45) is 24.9. The number of anilines is 5. The lowest BCUT2D eigenvalue weighted by atomic mass is 10.1. The number of nitriles is 1. The number of aromatic amines is 1. The largest absolute Gasteiger partial charge is 0.478 e. The van der Waals surface area contributed by atoms with Crippen LogP contribution >= 0.6 is 23.2 Å². The molecule has 0 bridgehead atoms. The first-order valence-electron chi connectivity index (χ1n) is 28.4. The Kier molecular flexibility index (Phi) is 19.6. The van der Waals surface area contributed by atoms with Gasteiger partial charge in [0.15, 0.2) is 11.4 Å². The number of tetrazole rings is 2. The molecule has 10 N–H and O–H groups in total. The van der Waals surface area contributed by atoms with Crippen molar-refractivity contribution in [1.82, 2.24) is 94.4 Å². The third-order valence-electron chi connectivity index (χ3n) is 14.1. The molecular formula is C63H34Cl2F3N25O11. The molecule has 0 fully saturated rings. The Morgan fingerprint density at radius 1 is 0.644 bits per heavy atom. The minimum atomic E-state index is -1.44. The fourth-order valence-electron chi connectivity index (χ4n) is 9.16. The number of nitrogens with two attached hydrogens (primary N) is 2. The van der Waals surface area contributed by atoms with Crippen LogP contribution in [0.5, 0.6) is 0 Å². The number of H-pyrrole nitrogens is 1. The van der Waals surface area contributed by atoms with Crippen LogP contribution in [0.1, 0.15) is 84.9 Å². The Balaban J connectivity index is 0.000000139. The number of hydrogen-bond acceptors (Lipinski definition) is 26. The van der Waals surface area contributed by atoms with Crippen molar-refractivity contribution in [1.29, 1.82) is 5.26 Å². The molecule has 104 heavy (non-hydrogen) atoms. The summed E-state index contributed by atoms with van der Waals surface area (Å²) in [6.45, 7) is 0. The highest BCUT2D eigenvalue weighted by Crippen LogP contribution is 2.31. The summed E-state index contributed by atoms with van der Waals surface area (Å²) in [7, 11) is 1.21. The fourth-order valence-corrected chi connectivity index (χ4v) is 9.49. The number of terminal acetylenes is 3. The molecule has 0 saturated carbocycles. The van der Waals surface area contributed by atoms with Gasteiger partial charge in [-0.3, -0.25) is 28.3 Å². The normalized spacial score (nSPS) is 10.6. The predicted molar refractivity (Wildman–Crippen MR) is 356 cm³/mol. The first kappa shape index (κ1) is 69.7. The molecule has 14 aromatic rings. The molecule has 14 rings (SSSR count). The SMILES string of the molecule is C#Cc1cc(NC(=O)c2cc(N)c3nnnn3n2)c(C(=O)O)cc1F.C#Cc1cc(NC(=O)c2ccn3c(-c4cn[nH]c4)cnc3n2)c(C(=O)O)cc1F.C#Cc1cc2nc(-c3cc(N)c4nnnn4n3)oc(=O)c2cc1F.COC(=O)c1cc(Cl)c(Cl)cc1NC(=O)c1ccn2c(C#N)cnc2n1. The van der Waals surface area contributed by atoms with E-state index >= 15 is 0 Å². The molecular weight excluding hydrogens is 1410 g/mol. The van der Waals surface area contributed by atoms with Gasteiger partial charge >= 0.3 is 23.5 Å². The third kappa shape index (κ3) is 14.4. The molecule has 41 heteroatoms. The number of imidazole rings is 2. The zero-order valence-corrected chi connectivity index (χ0v) is 53.2. The number of nitrogens with one attached hydrogen (secondary N) is 4. The lowest BCUT2D eigenvalue weighted by Crippen LogP contribution is -2.18. The van der Waals surface area contributed by atoms with Gasteiger partial charge < -0.3 is 46.8 Å². The molecule has 0 aliphatic carbocycles. The molecule has 0 unspecified atom stereocenters. The summed E-state index contributed by atoms with van der Waals surface area (Å²) in [4.78, 5) is 105. The Bertz CT molecular complexity index is 6170. The van der Waals surface area contributed by atoms with E-state index in [1.165, 1.54) is 66.4 Å². The minimum Gasteiger partial charge on any atom is -0.478 e. The Morgan fingerprint density at radius 3 is 1.72 bits per heavy atom. The molecule has 512 valence electrons. The lowest BCUT2D eigenvalue weighted by Gasteiger charge is -2.11. The van der Waals surface area contributed by atoms with E-state index in [1.807, 2.05) is 6.07 Å². The highest BCUT2D eigenvalue weighted by Gasteiger charge is 2.24. The maximum absolute atomic E-state index is 13.8. The van der Waals surface area contributed by atoms with Crippen LogP contribution in [0.2, 0.25) is 10.0 Å². The molecule has 3 amide bonds. The summed E-state index contributed by atoms with van der Waals surface area (Å²) in [6, 6.07) is 16.0. The molecule has 0 saturated heterocycles.